The summed E-state index contributed by atoms with van der Waals surface area (Å²) in [6, 6.07) is 8.54. The lowest BCUT2D eigenvalue weighted by Crippen LogP contribution is -2.00. The van der Waals surface area contributed by atoms with Crippen LogP contribution < -0.4 is 5.32 Å². The van der Waals surface area contributed by atoms with Crippen molar-refractivity contribution in [2.45, 2.75) is 20.0 Å². The summed E-state index contributed by atoms with van der Waals surface area (Å²) in [4.78, 5) is 5.62. The molecule has 0 spiro atoms. The van der Waals surface area contributed by atoms with Gasteiger partial charge in [0.15, 0.2) is 5.13 Å². The minimum absolute atomic E-state index is 0.234. The third kappa shape index (κ3) is 4.06. The topological polar surface area (TPSA) is 60.6 Å². The Labute approximate surface area is 160 Å². The number of halogens is 1. The van der Waals surface area contributed by atoms with Gasteiger partial charge in [0, 0.05) is 31.5 Å². The van der Waals surface area contributed by atoms with Crippen LogP contribution in [0.15, 0.2) is 48.9 Å². The number of hydrogen-bond acceptors (Lipinski definition) is 5. The van der Waals surface area contributed by atoms with Crippen molar-refractivity contribution in [3.05, 3.63) is 71.6 Å². The molecule has 0 fully saturated rings. The third-order valence-electron chi connectivity index (χ3n) is 4.11. The molecule has 0 atom stereocenters. The average molecular weight is 382 g/mol. The number of aryl methyl sites for hydroxylation is 2. The van der Waals surface area contributed by atoms with Gasteiger partial charge in [-0.05, 0) is 30.7 Å². The van der Waals surface area contributed by atoms with E-state index in [4.69, 9.17) is 0 Å². The van der Waals surface area contributed by atoms with Crippen LogP contribution in [0.25, 0.3) is 10.6 Å². The van der Waals surface area contributed by atoms with Crippen LogP contribution in [0.1, 0.15) is 16.8 Å². The number of aromatic nitrogens is 5. The molecule has 0 unspecified atom stereocenters. The molecule has 1 aromatic carbocycles. The smallest absolute Gasteiger partial charge is 0.183 e. The molecule has 3 aromatic heterocycles. The highest BCUT2D eigenvalue weighted by molar-refractivity contribution is 7.19. The first kappa shape index (κ1) is 17.4. The number of rotatable bonds is 6. The van der Waals surface area contributed by atoms with Crippen LogP contribution in [0.4, 0.5) is 9.52 Å². The molecule has 1 N–H and O–H groups in total. The van der Waals surface area contributed by atoms with Crippen molar-refractivity contribution in [2.75, 3.05) is 5.32 Å². The van der Waals surface area contributed by atoms with Gasteiger partial charge in [0.05, 0.1) is 23.3 Å². The summed E-state index contributed by atoms with van der Waals surface area (Å²) >= 11 is 1.58. The molecule has 27 heavy (non-hydrogen) atoms. The zero-order valence-electron chi connectivity index (χ0n) is 15.1. The second-order valence-corrected chi connectivity index (χ2v) is 7.34. The van der Waals surface area contributed by atoms with Gasteiger partial charge in [-0.25, -0.2) is 9.37 Å². The Morgan fingerprint density at radius 3 is 2.89 bits per heavy atom. The van der Waals surface area contributed by atoms with Crippen molar-refractivity contribution in [1.82, 2.24) is 24.5 Å². The van der Waals surface area contributed by atoms with Crippen LogP contribution in [-0.4, -0.2) is 24.5 Å². The Morgan fingerprint density at radius 1 is 1.22 bits per heavy atom. The number of nitrogens with one attached hydrogen (secondary N) is 1. The maximum atomic E-state index is 13.3. The van der Waals surface area contributed by atoms with E-state index in [1.54, 1.807) is 22.1 Å². The Balaban J connectivity index is 1.47. The predicted octanol–water partition coefficient (Wildman–Crippen LogP) is 3.85. The molecule has 6 nitrogen and oxygen atoms in total. The second-order valence-electron chi connectivity index (χ2n) is 6.34. The molecule has 8 heteroatoms. The molecular formula is C19H19FN6S. The van der Waals surface area contributed by atoms with Crippen LogP contribution in [0.5, 0.6) is 0 Å². The molecular weight excluding hydrogens is 363 g/mol. The maximum absolute atomic E-state index is 13.3. The zero-order chi connectivity index (χ0) is 18.8. The Kier molecular flexibility index (Phi) is 4.72. The molecule has 0 aliphatic rings. The van der Waals surface area contributed by atoms with Gasteiger partial charge in [-0.1, -0.05) is 23.5 Å². The Hall–Kier alpha value is -3.00. The highest BCUT2D eigenvalue weighted by Crippen LogP contribution is 2.31. The van der Waals surface area contributed by atoms with Crippen molar-refractivity contribution in [1.29, 1.82) is 0 Å². The number of thiazole rings is 1. The highest BCUT2D eigenvalue weighted by Gasteiger charge is 2.13. The molecule has 0 saturated carbocycles. The van der Waals surface area contributed by atoms with Crippen molar-refractivity contribution >= 4 is 16.5 Å². The minimum atomic E-state index is -0.234. The van der Waals surface area contributed by atoms with Gasteiger partial charge in [0.1, 0.15) is 11.5 Å². The van der Waals surface area contributed by atoms with Crippen LogP contribution in [0.3, 0.4) is 0 Å². The fourth-order valence-electron chi connectivity index (χ4n) is 2.84. The van der Waals surface area contributed by atoms with Gasteiger partial charge in [0.2, 0.25) is 0 Å². The SMILES string of the molecule is Cc1nc(NCc2cnn(C)c2)sc1-c1ccn(Cc2cccc(F)c2)n1. The van der Waals surface area contributed by atoms with E-state index in [1.807, 2.05) is 49.4 Å². The maximum Gasteiger partial charge on any atom is 0.183 e. The van der Waals surface area contributed by atoms with E-state index < -0.39 is 0 Å². The van der Waals surface area contributed by atoms with Gasteiger partial charge in [-0.3, -0.25) is 9.36 Å². The van der Waals surface area contributed by atoms with Crippen molar-refractivity contribution < 1.29 is 4.39 Å². The van der Waals surface area contributed by atoms with Crippen molar-refractivity contribution in [2.24, 2.45) is 7.05 Å². The van der Waals surface area contributed by atoms with E-state index in [0.717, 1.165) is 32.5 Å². The van der Waals surface area contributed by atoms with Gasteiger partial charge < -0.3 is 5.32 Å². The molecule has 4 aromatic rings. The van der Waals surface area contributed by atoms with Crippen LogP contribution in [0.2, 0.25) is 0 Å². The molecule has 0 aliphatic heterocycles. The molecule has 0 radical (unpaired) electrons. The van der Waals surface area contributed by atoms with Gasteiger partial charge in [-0.2, -0.15) is 10.2 Å². The largest absolute Gasteiger partial charge is 0.357 e. The van der Waals surface area contributed by atoms with E-state index >= 15 is 0 Å². The van der Waals surface area contributed by atoms with Crippen LogP contribution >= 0.6 is 11.3 Å². The second kappa shape index (κ2) is 7.32. The van der Waals surface area contributed by atoms with Crippen LogP contribution in [0, 0.1) is 12.7 Å². The summed E-state index contributed by atoms with van der Waals surface area (Å²) < 4.78 is 16.9. The minimum Gasteiger partial charge on any atom is -0.357 e. The zero-order valence-corrected chi connectivity index (χ0v) is 15.9. The van der Waals surface area contributed by atoms with E-state index in [0.29, 0.717) is 13.1 Å². The number of hydrogen-bond donors (Lipinski definition) is 1. The standard InChI is InChI=1S/C19H19FN6S/c1-13-18(27-19(23-13)21-9-15-10-22-25(2)11-15)17-6-7-26(24-17)12-14-4-3-5-16(20)8-14/h3-8,10-11H,9,12H2,1-2H3,(H,21,23). The number of anilines is 1. The van der Waals surface area contributed by atoms with Gasteiger partial charge in [0.25, 0.3) is 0 Å². The van der Waals surface area contributed by atoms with E-state index in [9.17, 15) is 4.39 Å². The van der Waals surface area contributed by atoms with Crippen molar-refractivity contribution in [3.63, 3.8) is 0 Å². The van der Waals surface area contributed by atoms with E-state index in [-0.39, 0.29) is 5.82 Å². The fourth-order valence-corrected chi connectivity index (χ4v) is 3.77. The fraction of sp³-hybridized carbons (Fsp3) is 0.211. The summed E-state index contributed by atoms with van der Waals surface area (Å²) in [5.41, 5.74) is 3.79. The quantitative estimate of drug-likeness (QED) is 0.550. The first-order valence-corrected chi connectivity index (χ1v) is 9.35. The molecule has 4 rings (SSSR count). The van der Waals surface area contributed by atoms with Gasteiger partial charge >= 0.3 is 0 Å². The first-order valence-electron chi connectivity index (χ1n) is 8.54. The Bertz CT molecular complexity index is 1060. The lowest BCUT2D eigenvalue weighted by atomic mass is 10.2. The normalized spacial score (nSPS) is 11.1. The number of benzene rings is 1. The summed E-state index contributed by atoms with van der Waals surface area (Å²) in [7, 11) is 1.90. The lowest BCUT2D eigenvalue weighted by molar-refractivity contribution is 0.619. The van der Waals surface area contributed by atoms with E-state index in [2.05, 4.69) is 20.5 Å². The Morgan fingerprint density at radius 2 is 2.11 bits per heavy atom. The van der Waals surface area contributed by atoms with E-state index in [1.165, 1.54) is 12.1 Å². The van der Waals surface area contributed by atoms with Gasteiger partial charge in [-0.15, -0.1) is 0 Å². The highest BCUT2D eigenvalue weighted by atomic mass is 32.1. The number of nitrogens with zero attached hydrogens (tertiary/aromatic N) is 5. The third-order valence-corrected chi connectivity index (χ3v) is 5.24. The average Bonchev–Trinajstić information content (AvgIpc) is 3.34. The molecule has 0 saturated heterocycles. The molecule has 0 aliphatic carbocycles. The first-order chi connectivity index (χ1) is 13.1. The molecule has 0 bridgehead atoms. The summed E-state index contributed by atoms with van der Waals surface area (Å²) in [6.07, 6.45) is 5.72. The van der Waals surface area contributed by atoms with Crippen molar-refractivity contribution in [3.8, 4) is 10.6 Å². The lowest BCUT2D eigenvalue weighted by Gasteiger charge is -2.01. The molecule has 0 amide bonds. The summed E-state index contributed by atoms with van der Waals surface area (Å²) in [5.74, 6) is -0.234. The summed E-state index contributed by atoms with van der Waals surface area (Å²) in [5, 5.41) is 13.0. The monoisotopic (exact) mass is 382 g/mol. The predicted molar refractivity (Wildman–Crippen MR) is 104 cm³/mol. The van der Waals surface area contributed by atoms with Crippen LogP contribution in [-0.2, 0) is 20.1 Å². The molecule has 3 heterocycles. The summed E-state index contributed by atoms with van der Waals surface area (Å²) in [6.45, 7) is 3.18. The molecule has 138 valence electrons.